The first-order valence-electron chi connectivity index (χ1n) is 7.67. The summed E-state index contributed by atoms with van der Waals surface area (Å²) in [5.41, 5.74) is 2.69. The zero-order chi connectivity index (χ0) is 16.6. The molecular weight excluding hydrogens is 292 g/mol. The Kier molecular flexibility index (Phi) is 3.72. The number of ether oxygens (including phenoxy) is 1. The van der Waals surface area contributed by atoms with E-state index < -0.39 is 11.7 Å². The van der Waals surface area contributed by atoms with Gasteiger partial charge in [0, 0.05) is 24.4 Å². The van der Waals surface area contributed by atoms with Crippen LogP contribution in [0.5, 0.6) is 0 Å². The van der Waals surface area contributed by atoms with E-state index in [0.29, 0.717) is 18.5 Å². The van der Waals surface area contributed by atoms with Gasteiger partial charge in [-0.2, -0.15) is 0 Å². The number of fused-ring (bicyclic) bond motifs is 1. The molecule has 0 saturated carbocycles. The van der Waals surface area contributed by atoms with Crippen molar-refractivity contribution in [1.82, 2.24) is 9.88 Å². The average molecular weight is 312 g/mol. The van der Waals surface area contributed by atoms with Crippen molar-refractivity contribution in [3.8, 4) is 11.3 Å². The molecule has 2 amide bonds. The third-order valence-corrected chi connectivity index (χ3v) is 3.66. The normalized spacial score (nSPS) is 14.6. The molecule has 23 heavy (non-hydrogen) atoms. The van der Waals surface area contributed by atoms with E-state index in [2.05, 4.69) is 4.98 Å². The molecule has 0 radical (unpaired) electrons. The van der Waals surface area contributed by atoms with Gasteiger partial charge in [-0.05, 0) is 32.4 Å². The van der Waals surface area contributed by atoms with E-state index in [9.17, 15) is 9.59 Å². The van der Waals surface area contributed by atoms with Gasteiger partial charge in [0.1, 0.15) is 5.60 Å². The number of nitrogens with zero attached hydrogens (tertiary/aromatic N) is 1. The Labute approximate surface area is 135 Å². The Morgan fingerprint density at radius 3 is 2.57 bits per heavy atom. The van der Waals surface area contributed by atoms with Gasteiger partial charge in [-0.3, -0.25) is 4.79 Å². The summed E-state index contributed by atoms with van der Waals surface area (Å²) in [5, 5.41) is 0. The van der Waals surface area contributed by atoms with Crippen LogP contribution in [0.4, 0.5) is 4.79 Å². The van der Waals surface area contributed by atoms with Crippen LogP contribution >= 0.6 is 0 Å². The van der Waals surface area contributed by atoms with Crippen LogP contribution in [0.25, 0.3) is 11.3 Å². The predicted octanol–water partition coefficient (Wildman–Crippen LogP) is 3.62. The maximum absolute atomic E-state index is 12.6. The molecule has 0 spiro atoms. The number of aromatic amines is 1. The smallest absolute Gasteiger partial charge is 0.417 e. The Hall–Kier alpha value is -2.56. The lowest BCUT2D eigenvalue weighted by Crippen LogP contribution is -2.44. The summed E-state index contributed by atoms with van der Waals surface area (Å²) in [4.78, 5) is 29.2. The zero-order valence-electron chi connectivity index (χ0n) is 13.6. The number of rotatable bonds is 1. The molecular formula is C18H20N2O3. The van der Waals surface area contributed by atoms with Crippen LogP contribution in [-0.2, 0) is 11.2 Å². The van der Waals surface area contributed by atoms with Gasteiger partial charge in [-0.25, -0.2) is 9.69 Å². The van der Waals surface area contributed by atoms with Gasteiger partial charge < -0.3 is 9.72 Å². The molecule has 0 atom stereocenters. The van der Waals surface area contributed by atoms with Gasteiger partial charge in [-0.1, -0.05) is 30.3 Å². The van der Waals surface area contributed by atoms with Crippen LogP contribution in [0.1, 0.15) is 36.8 Å². The first-order chi connectivity index (χ1) is 10.8. The number of carbonyl (C=O) groups is 2. The molecule has 5 heteroatoms. The van der Waals surface area contributed by atoms with E-state index in [4.69, 9.17) is 4.74 Å². The van der Waals surface area contributed by atoms with Crippen LogP contribution in [0.15, 0.2) is 36.4 Å². The minimum absolute atomic E-state index is 0.307. The Balaban J connectivity index is 1.86. The highest BCUT2D eigenvalue weighted by Gasteiger charge is 2.33. The summed E-state index contributed by atoms with van der Waals surface area (Å²) >= 11 is 0. The van der Waals surface area contributed by atoms with Crippen LogP contribution in [0.3, 0.4) is 0 Å². The molecule has 0 unspecified atom stereocenters. The van der Waals surface area contributed by atoms with Crippen molar-refractivity contribution in [3.05, 3.63) is 47.7 Å². The third kappa shape index (κ3) is 3.13. The summed E-state index contributed by atoms with van der Waals surface area (Å²) in [6.45, 7) is 5.69. The van der Waals surface area contributed by atoms with Crippen molar-refractivity contribution in [1.29, 1.82) is 0 Å². The molecule has 3 rings (SSSR count). The van der Waals surface area contributed by atoms with E-state index in [0.717, 1.165) is 17.0 Å². The van der Waals surface area contributed by atoms with Crippen LogP contribution < -0.4 is 0 Å². The van der Waals surface area contributed by atoms with Crippen LogP contribution in [0, 0.1) is 0 Å². The number of nitrogens with one attached hydrogen (secondary N) is 1. The van der Waals surface area contributed by atoms with Crippen molar-refractivity contribution in [2.45, 2.75) is 32.8 Å². The molecule has 1 aliphatic rings. The summed E-state index contributed by atoms with van der Waals surface area (Å²) in [7, 11) is 0. The zero-order valence-corrected chi connectivity index (χ0v) is 13.6. The number of aromatic nitrogens is 1. The first kappa shape index (κ1) is 15.3. The number of amides is 2. The maximum Gasteiger partial charge on any atom is 0.417 e. The molecule has 2 heterocycles. The summed E-state index contributed by atoms with van der Waals surface area (Å²) < 4.78 is 5.31. The predicted molar refractivity (Wildman–Crippen MR) is 87.2 cm³/mol. The molecule has 1 aromatic carbocycles. The topological polar surface area (TPSA) is 62.4 Å². The highest BCUT2D eigenvalue weighted by Crippen LogP contribution is 2.26. The van der Waals surface area contributed by atoms with Crippen LogP contribution in [-0.4, -0.2) is 34.0 Å². The Bertz CT molecular complexity index is 741. The Morgan fingerprint density at radius 1 is 1.22 bits per heavy atom. The highest BCUT2D eigenvalue weighted by atomic mass is 16.6. The molecule has 120 valence electrons. The molecule has 0 saturated heterocycles. The molecule has 1 aromatic heterocycles. The van der Waals surface area contributed by atoms with E-state index in [1.54, 1.807) is 20.8 Å². The minimum Gasteiger partial charge on any atom is -0.443 e. The largest absolute Gasteiger partial charge is 0.443 e. The van der Waals surface area contributed by atoms with Gasteiger partial charge >= 0.3 is 6.09 Å². The second-order valence-corrected chi connectivity index (χ2v) is 6.63. The second kappa shape index (κ2) is 5.57. The van der Waals surface area contributed by atoms with Crippen LogP contribution in [0.2, 0.25) is 0 Å². The summed E-state index contributed by atoms with van der Waals surface area (Å²) in [6, 6.07) is 11.6. The average Bonchev–Trinajstić information content (AvgIpc) is 2.91. The number of hydrogen-bond acceptors (Lipinski definition) is 3. The maximum atomic E-state index is 12.6. The van der Waals surface area contributed by atoms with Crippen molar-refractivity contribution in [3.63, 3.8) is 0 Å². The molecule has 2 aromatic rings. The van der Waals surface area contributed by atoms with Crippen molar-refractivity contribution in [2.75, 3.05) is 6.54 Å². The van der Waals surface area contributed by atoms with Gasteiger partial charge in [0.2, 0.25) is 0 Å². The highest BCUT2D eigenvalue weighted by molar-refractivity contribution is 6.05. The van der Waals surface area contributed by atoms with Gasteiger partial charge in [0.15, 0.2) is 0 Å². The standard InChI is InChI=1S/C18H20N2O3/c1-18(2,3)23-17(22)20-10-9-14-13(16(20)21)11-15(19-14)12-7-5-4-6-8-12/h4-8,11,19H,9-10H2,1-3H3. The lowest BCUT2D eigenvalue weighted by atomic mass is 10.1. The number of hydrogen-bond donors (Lipinski definition) is 1. The van der Waals surface area contributed by atoms with Gasteiger partial charge in [-0.15, -0.1) is 0 Å². The SMILES string of the molecule is CC(C)(C)OC(=O)N1CCc2[nH]c(-c3ccccc3)cc2C1=O. The van der Waals surface area contributed by atoms with E-state index in [1.165, 1.54) is 4.90 Å². The number of H-pyrrole nitrogens is 1. The minimum atomic E-state index is -0.620. The fourth-order valence-corrected chi connectivity index (χ4v) is 2.62. The lowest BCUT2D eigenvalue weighted by molar-refractivity contribution is 0.0233. The van der Waals surface area contributed by atoms with Crippen molar-refractivity contribution in [2.24, 2.45) is 0 Å². The van der Waals surface area contributed by atoms with Gasteiger partial charge in [0.25, 0.3) is 5.91 Å². The third-order valence-electron chi connectivity index (χ3n) is 3.66. The molecule has 0 bridgehead atoms. The fraction of sp³-hybridized carbons (Fsp3) is 0.333. The molecule has 5 nitrogen and oxygen atoms in total. The second-order valence-electron chi connectivity index (χ2n) is 6.63. The summed E-state index contributed by atoms with van der Waals surface area (Å²) in [5.74, 6) is -0.307. The van der Waals surface area contributed by atoms with E-state index >= 15 is 0 Å². The number of imide groups is 1. The molecule has 0 aliphatic carbocycles. The van der Waals surface area contributed by atoms with E-state index in [1.807, 2.05) is 36.4 Å². The fourth-order valence-electron chi connectivity index (χ4n) is 2.62. The lowest BCUT2D eigenvalue weighted by Gasteiger charge is -2.28. The first-order valence-corrected chi connectivity index (χ1v) is 7.67. The quantitative estimate of drug-likeness (QED) is 0.875. The number of carbonyl (C=O) groups excluding carboxylic acids is 2. The van der Waals surface area contributed by atoms with Crippen molar-refractivity contribution < 1.29 is 14.3 Å². The van der Waals surface area contributed by atoms with E-state index in [-0.39, 0.29) is 5.91 Å². The van der Waals surface area contributed by atoms with Crippen molar-refractivity contribution >= 4 is 12.0 Å². The molecule has 1 aliphatic heterocycles. The number of benzene rings is 1. The molecule has 0 fully saturated rings. The Morgan fingerprint density at radius 2 is 1.91 bits per heavy atom. The van der Waals surface area contributed by atoms with Gasteiger partial charge in [0.05, 0.1) is 5.56 Å². The molecule has 1 N–H and O–H groups in total. The monoisotopic (exact) mass is 312 g/mol. The summed E-state index contributed by atoms with van der Waals surface area (Å²) in [6.07, 6.45) is 0.0169.